The third kappa shape index (κ3) is 15.3. The van der Waals surface area contributed by atoms with Crippen molar-refractivity contribution in [1.29, 1.82) is 0 Å². The van der Waals surface area contributed by atoms with Crippen LogP contribution in [-0.2, 0) is 22.7 Å². The van der Waals surface area contributed by atoms with Gasteiger partial charge in [-0.05, 0) is 48.2 Å². The second kappa shape index (κ2) is 23.0. The van der Waals surface area contributed by atoms with Gasteiger partial charge in [-0.2, -0.15) is 0 Å². The van der Waals surface area contributed by atoms with Crippen molar-refractivity contribution in [2.45, 2.75) is 152 Å². The Morgan fingerprint density at radius 1 is 0.833 bits per heavy atom. The molecule has 0 aliphatic carbocycles. The maximum Gasteiger partial charge on any atom is 0.414 e. The normalized spacial score (nSPS) is 11.3. The Labute approximate surface area is 302 Å². The van der Waals surface area contributed by atoms with Crippen LogP contribution in [0.5, 0.6) is 0 Å². The minimum atomic E-state index is -0.763. The second-order valence-corrected chi connectivity index (χ2v) is 14.8. The molecule has 1 aromatic carbocycles. The average Bonchev–Trinajstić information content (AvgIpc) is 3.38. The van der Waals surface area contributed by atoms with E-state index in [0.29, 0.717) is 28.8 Å². The number of imide groups is 1. The summed E-state index contributed by atoms with van der Waals surface area (Å²) in [5.41, 5.74) is 1.89. The number of imidazole rings is 1. The van der Waals surface area contributed by atoms with Gasteiger partial charge in [0.2, 0.25) is 5.91 Å². The van der Waals surface area contributed by atoms with Crippen LogP contribution in [0.15, 0.2) is 52.6 Å². The van der Waals surface area contributed by atoms with E-state index in [-0.39, 0.29) is 18.4 Å². The third-order valence-corrected chi connectivity index (χ3v) is 9.82. The molecule has 48 heavy (non-hydrogen) atoms. The fraction of sp³-hybridized carbons (Fsp3) is 0.579. The minimum Gasteiger partial charge on any atom is -0.441 e. The SMILES string of the molecule is CCCCCCCCCCCCCCCCCC(=O)NC(=O)OCc1nc(C(C)C)c(Sc2cc(Cl)cc(Cl)c2)n1Cc1ccncc1. The summed E-state index contributed by atoms with van der Waals surface area (Å²) >= 11 is 14.1. The lowest BCUT2D eigenvalue weighted by atomic mass is 10.0. The molecule has 10 heteroatoms. The smallest absolute Gasteiger partial charge is 0.414 e. The fourth-order valence-corrected chi connectivity index (χ4v) is 7.55. The van der Waals surface area contributed by atoms with Crippen molar-refractivity contribution in [1.82, 2.24) is 19.9 Å². The molecule has 0 bridgehead atoms. The van der Waals surface area contributed by atoms with Crippen LogP contribution in [0.2, 0.25) is 10.0 Å². The molecular weight excluding hydrogens is 663 g/mol. The molecule has 264 valence electrons. The van der Waals surface area contributed by atoms with E-state index in [1.54, 1.807) is 18.5 Å². The number of nitrogens with one attached hydrogen (secondary N) is 1. The number of unbranched alkanes of at least 4 members (excludes halogenated alkanes) is 14. The highest BCUT2D eigenvalue weighted by Crippen LogP contribution is 2.37. The van der Waals surface area contributed by atoms with Crippen LogP contribution in [0.25, 0.3) is 0 Å². The lowest BCUT2D eigenvalue weighted by Gasteiger charge is -2.14. The van der Waals surface area contributed by atoms with Crippen LogP contribution in [0.1, 0.15) is 147 Å². The van der Waals surface area contributed by atoms with E-state index < -0.39 is 6.09 Å². The zero-order chi connectivity index (χ0) is 34.6. The van der Waals surface area contributed by atoms with Crippen LogP contribution >= 0.6 is 35.0 Å². The highest BCUT2D eigenvalue weighted by atomic mass is 35.5. The van der Waals surface area contributed by atoms with Crippen molar-refractivity contribution in [3.63, 3.8) is 0 Å². The number of alkyl carbamates (subject to hydrolysis) is 1. The van der Waals surface area contributed by atoms with Crippen molar-refractivity contribution < 1.29 is 14.3 Å². The number of aromatic nitrogens is 3. The lowest BCUT2D eigenvalue weighted by molar-refractivity contribution is -0.120. The van der Waals surface area contributed by atoms with Crippen molar-refractivity contribution in [2.24, 2.45) is 0 Å². The van der Waals surface area contributed by atoms with E-state index in [1.807, 2.05) is 28.8 Å². The Hall–Kier alpha value is -2.55. The fourth-order valence-electron chi connectivity index (χ4n) is 5.63. The zero-order valence-corrected chi connectivity index (χ0v) is 31.4. The first kappa shape index (κ1) is 39.9. The van der Waals surface area contributed by atoms with E-state index in [0.717, 1.165) is 40.4 Å². The molecule has 0 unspecified atom stereocenters. The van der Waals surface area contributed by atoms with Crippen molar-refractivity contribution in [3.05, 3.63) is 69.9 Å². The van der Waals surface area contributed by atoms with Gasteiger partial charge in [-0.3, -0.25) is 15.1 Å². The number of nitrogens with zero attached hydrogens (tertiary/aromatic N) is 3. The number of amides is 2. The molecule has 2 aromatic heterocycles. The molecule has 2 amide bonds. The standard InChI is InChI=1S/C38H54Cl2N4O3S/c1-4-5-6-7-8-9-10-11-12-13-14-15-16-17-18-19-35(45)43-38(46)47-28-34-42-36(29(2)3)37(44(34)27-30-20-22-41-23-21-30)48-33-25-31(39)24-32(40)26-33/h20-26,29H,4-19,27-28H2,1-3H3,(H,43,45,46). The van der Waals surface area contributed by atoms with Gasteiger partial charge in [0.15, 0.2) is 6.61 Å². The number of hydrogen-bond acceptors (Lipinski definition) is 6. The summed E-state index contributed by atoms with van der Waals surface area (Å²) in [4.78, 5) is 35.0. The summed E-state index contributed by atoms with van der Waals surface area (Å²) in [6.45, 7) is 6.82. The van der Waals surface area contributed by atoms with Gasteiger partial charge in [0.05, 0.1) is 12.2 Å². The van der Waals surface area contributed by atoms with E-state index in [4.69, 9.17) is 32.9 Å². The van der Waals surface area contributed by atoms with E-state index in [2.05, 4.69) is 31.1 Å². The predicted octanol–water partition coefficient (Wildman–Crippen LogP) is 11.9. The largest absolute Gasteiger partial charge is 0.441 e. The van der Waals surface area contributed by atoms with Gasteiger partial charge in [0.25, 0.3) is 0 Å². The van der Waals surface area contributed by atoms with Crippen LogP contribution < -0.4 is 5.32 Å². The number of benzene rings is 1. The Balaban J connectivity index is 1.43. The maximum atomic E-state index is 12.6. The van der Waals surface area contributed by atoms with E-state index >= 15 is 0 Å². The van der Waals surface area contributed by atoms with Crippen LogP contribution in [0.3, 0.4) is 0 Å². The first-order chi connectivity index (χ1) is 23.3. The highest BCUT2D eigenvalue weighted by Gasteiger charge is 2.22. The molecule has 3 aromatic rings. The molecule has 3 rings (SSSR count). The monoisotopic (exact) mass is 716 g/mol. The molecule has 0 aliphatic rings. The number of rotatable bonds is 23. The molecule has 0 saturated carbocycles. The molecule has 0 fully saturated rings. The second-order valence-electron chi connectivity index (χ2n) is 12.8. The summed E-state index contributed by atoms with van der Waals surface area (Å²) in [7, 11) is 0. The third-order valence-electron chi connectivity index (χ3n) is 8.29. The highest BCUT2D eigenvalue weighted by molar-refractivity contribution is 7.99. The van der Waals surface area contributed by atoms with Crippen molar-refractivity contribution in [2.75, 3.05) is 0 Å². The van der Waals surface area contributed by atoms with E-state index in [1.165, 1.54) is 88.8 Å². The quantitative estimate of drug-likeness (QED) is 0.0983. The van der Waals surface area contributed by atoms with Crippen LogP contribution in [-0.4, -0.2) is 26.5 Å². The van der Waals surface area contributed by atoms with Gasteiger partial charge in [-0.25, -0.2) is 9.78 Å². The Bertz CT molecular complexity index is 1360. The Morgan fingerprint density at radius 3 is 1.92 bits per heavy atom. The summed E-state index contributed by atoms with van der Waals surface area (Å²) in [6, 6.07) is 9.30. The molecule has 0 radical (unpaired) electrons. The first-order valence-electron chi connectivity index (χ1n) is 17.9. The summed E-state index contributed by atoms with van der Waals surface area (Å²) < 4.78 is 7.56. The summed E-state index contributed by atoms with van der Waals surface area (Å²) in [5.74, 6) is 0.368. The van der Waals surface area contributed by atoms with Gasteiger partial charge in [-0.15, -0.1) is 0 Å². The molecule has 0 saturated heterocycles. The molecule has 7 nitrogen and oxygen atoms in total. The van der Waals surface area contributed by atoms with Gasteiger partial charge in [-0.1, -0.05) is 146 Å². The van der Waals surface area contributed by atoms with Gasteiger partial charge >= 0.3 is 6.09 Å². The molecule has 0 atom stereocenters. The maximum absolute atomic E-state index is 12.6. The lowest BCUT2D eigenvalue weighted by Crippen LogP contribution is -2.31. The number of halogens is 2. The van der Waals surface area contributed by atoms with Crippen LogP contribution in [0, 0.1) is 0 Å². The van der Waals surface area contributed by atoms with Gasteiger partial charge in [0, 0.05) is 33.8 Å². The number of pyridine rings is 1. The summed E-state index contributed by atoms with van der Waals surface area (Å²) in [6.07, 6.45) is 22.0. The first-order valence-corrected chi connectivity index (χ1v) is 19.4. The molecule has 0 aliphatic heterocycles. The Morgan fingerprint density at radius 2 is 1.38 bits per heavy atom. The topological polar surface area (TPSA) is 86.1 Å². The Kier molecular flexibility index (Phi) is 19.1. The number of ether oxygens (including phenoxy) is 1. The minimum absolute atomic E-state index is 0.0836. The summed E-state index contributed by atoms with van der Waals surface area (Å²) in [5, 5.41) is 4.38. The molecular formula is C38H54Cl2N4O3S. The van der Waals surface area contributed by atoms with Crippen molar-refractivity contribution >= 4 is 47.0 Å². The number of carbonyl (C=O) groups excluding carboxylic acids is 2. The zero-order valence-electron chi connectivity index (χ0n) is 29.1. The van der Waals surface area contributed by atoms with Crippen LogP contribution in [0.4, 0.5) is 4.79 Å². The molecule has 1 N–H and O–H groups in total. The van der Waals surface area contributed by atoms with E-state index in [9.17, 15) is 9.59 Å². The van der Waals surface area contributed by atoms with Gasteiger partial charge < -0.3 is 9.30 Å². The number of hydrogen-bond donors (Lipinski definition) is 1. The van der Waals surface area contributed by atoms with Crippen molar-refractivity contribution in [3.8, 4) is 0 Å². The average molecular weight is 718 g/mol. The predicted molar refractivity (Wildman–Crippen MR) is 198 cm³/mol. The number of carbonyl (C=O) groups is 2. The molecule has 2 heterocycles. The van der Waals surface area contributed by atoms with Gasteiger partial charge in [0.1, 0.15) is 10.9 Å². The molecule has 0 spiro atoms.